The van der Waals surface area contributed by atoms with E-state index >= 15 is 0 Å². The zero-order valence-electron chi connectivity index (χ0n) is 11.2. The predicted octanol–water partition coefficient (Wildman–Crippen LogP) is 2.00. The van der Waals surface area contributed by atoms with Gasteiger partial charge >= 0.3 is 0 Å². The summed E-state index contributed by atoms with van der Waals surface area (Å²) in [5.74, 6) is 1.26. The van der Waals surface area contributed by atoms with Crippen molar-refractivity contribution in [1.82, 2.24) is 14.5 Å². The number of benzene rings is 1. The van der Waals surface area contributed by atoms with Crippen LogP contribution in [0.25, 0.3) is 22.3 Å². The number of pyridine rings is 1. The van der Waals surface area contributed by atoms with Gasteiger partial charge in [0, 0.05) is 31.1 Å². The quantitative estimate of drug-likeness (QED) is 0.712. The van der Waals surface area contributed by atoms with E-state index in [9.17, 15) is 4.79 Å². The van der Waals surface area contributed by atoms with Gasteiger partial charge in [-0.3, -0.25) is 14.3 Å². The summed E-state index contributed by atoms with van der Waals surface area (Å²) in [6, 6.07) is 8.94. The van der Waals surface area contributed by atoms with Gasteiger partial charge in [-0.2, -0.15) is 0 Å². The molecule has 0 aliphatic heterocycles. The SMILES string of the molecule is COc1ccc2c(=O)n(C)c(-c3cccnc3)nc2c1. The molecule has 3 rings (SSSR count). The van der Waals surface area contributed by atoms with Crippen molar-refractivity contribution in [2.45, 2.75) is 0 Å². The molecule has 1 aromatic carbocycles. The van der Waals surface area contributed by atoms with Crippen molar-refractivity contribution in [3.63, 3.8) is 0 Å². The second-order valence-electron chi connectivity index (χ2n) is 4.42. The maximum Gasteiger partial charge on any atom is 0.261 e. The van der Waals surface area contributed by atoms with Crippen molar-refractivity contribution in [3.8, 4) is 17.1 Å². The molecule has 20 heavy (non-hydrogen) atoms. The highest BCUT2D eigenvalue weighted by molar-refractivity contribution is 5.81. The van der Waals surface area contributed by atoms with Crippen LogP contribution in [-0.2, 0) is 7.05 Å². The topological polar surface area (TPSA) is 57.0 Å². The van der Waals surface area contributed by atoms with Crippen LogP contribution in [0, 0.1) is 0 Å². The Morgan fingerprint density at radius 3 is 2.80 bits per heavy atom. The summed E-state index contributed by atoms with van der Waals surface area (Å²) in [6.45, 7) is 0. The lowest BCUT2D eigenvalue weighted by Gasteiger charge is -2.09. The second-order valence-corrected chi connectivity index (χ2v) is 4.42. The molecule has 0 aliphatic rings. The zero-order valence-corrected chi connectivity index (χ0v) is 11.2. The van der Waals surface area contributed by atoms with Gasteiger partial charge in [0.25, 0.3) is 5.56 Å². The molecule has 0 unspecified atom stereocenters. The molecule has 0 spiro atoms. The molecule has 5 heteroatoms. The van der Waals surface area contributed by atoms with E-state index in [-0.39, 0.29) is 5.56 Å². The Bertz CT molecular complexity index is 826. The van der Waals surface area contributed by atoms with E-state index in [2.05, 4.69) is 9.97 Å². The minimum absolute atomic E-state index is 0.0866. The predicted molar refractivity (Wildman–Crippen MR) is 76.8 cm³/mol. The Labute approximate surface area is 115 Å². The summed E-state index contributed by atoms with van der Waals surface area (Å²) in [5.41, 5.74) is 1.33. The van der Waals surface area contributed by atoms with Crippen LogP contribution in [0.2, 0.25) is 0 Å². The van der Waals surface area contributed by atoms with Crippen LogP contribution < -0.4 is 10.3 Å². The zero-order chi connectivity index (χ0) is 14.1. The first-order chi connectivity index (χ1) is 9.70. The number of rotatable bonds is 2. The van der Waals surface area contributed by atoms with Crippen molar-refractivity contribution in [2.24, 2.45) is 7.05 Å². The van der Waals surface area contributed by atoms with Gasteiger partial charge in [-0.05, 0) is 24.3 Å². The average Bonchev–Trinajstić information content (AvgIpc) is 2.51. The maximum absolute atomic E-state index is 12.4. The number of ether oxygens (including phenoxy) is 1. The number of nitrogens with zero attached hydrogens (tertiary/aromatic N) is 3. The van der Waals surface area contributed by atoms with Gasteiger partial charge in [0.15, 0.2) is 0 Å². The van der Waals surface area contributed by atoms with Crippen molar-refractivity contribution < 1.29 is 4.74 Å². The third-order valence-electron chi connectivity index (χ3n) is 3.20. The molecular weight excluding hydrogens is 254 g/mol. The van der Waals surface area contributed by atoms with E-state index in [1.54, 1.807) is 44.8 Å². The van der Waals surface area contributed by atoms with E-state index in [0.29, 0.717) is 22.5 Å². The fourth-order valence-corrected chi connectivity index (χ4v) is 2.13. The molecule has 2 aromatic heterocycles. The van der Waals surface area contributed by atoms with Crippen LogP contribution >= 0.6 is 0 Å². The van der Waals surface area contributed by atoms with Crippen LogP contribution in [0.15, 0.2) is 47.5 Å². The van der Waals surface area contributed by atoms with Gasteiger partial charge in [0.2, 0.25) is 0 Å². The van der Waals surface area contributed by atoms with Gasteiger partial charge in [-0.1, -0.05) is 0 Å². The van der Waals surface area contributed by atoms with E-state index in [0.717, 1.165) is 5.56 Å². The second kappa shape index (κ2) is 4.77. The summed E-state index contributed by atoms with van der Waals surface area (Å²) in [5, 5.41) is 0.570. The first kappa shape index (κ1) is 12.3. The summed E-state index contributed by atoms with van der Waals surface area (Å²) in [4.78, 5) is 21.0. The molecular formula is C15H13N3O2. The Morgan fingerprint density at radius 2 is 2.10 bits per heavy atom. The van der Waals surface area contributed by atoms with Crippen LogP contribution in [0.5, 0.6) is 5.75 Å². The summed E-state index contributed by atoms with van der Waals surface area (Å²) in [6.07, 6.45) is 3.37. The lowest BCUT2D eigenvalue weighted by Crippen LogP contribution is -2.20. The summed E-state index contributed by atoms with van der Waals surface area (Å²) < 4.78 is 6.71. The van der Waals surface area contributed by atoms with E-state index in [4.69, 9.17) is 4.74 Å². The molecule has 0 amide bonds. The standard InChI is InChI=1S/C15H13N3O2/c1-18-14(10-4-3-7-16-9-10)17-13-8-11(20-2)5-6-12(13)15(18)19/h3-9H,1-2H3. The molecule has 0 saturated heterocycles. The molecule has 0 aliphatic carbocycles. The largest absolute Gasteiger partial charge is 0.497 e. The molecule has 0 N–H and O–H groups in total. The smallest absolute Gasteiger partial charge is 0.261 e. The lowest BCUT2D eigenvalue weighted by molar-refractivity contribution is 0.415. The highest BCUT2D eigenvalue weighted by Gasteiger charge is 2.10. The van der Waals surface area contributed by atoms with Gasteiger partial charge < -0.3 is 4.74 Å². The molecule has 0 saturated carbocycles. The minimum Gasteiger partial charge on any atom is -0.497 e. The average molecular weight is 267 g/mol. The molecule has 0 fully saturated rings. The Kier molecular flexibility index (Phi) is 2.95. The number of aromatic nitrogens is 3. The Morgan fingerprint density at radius 1 is 1.25 bits per heavy atom. The minimum atomic E-state index is -0.0866. The molecule has 5 nitrogen and oxygen atoms in total. The summed E-state index contributed by atoms with van der Waals surface area (Å²) >= 11 is 0. The van der Waals surface area contributed by atoms with E-state index < -0.39 is 0 Å². The van der Waals surface area contributed by atoms with Crippen molar-refractivity contribution in [3.05, 3.63) is 53.1 Å². The molecule has 2 heterocycles. The molecule has 0 atom stereocenters. The molecule has 100 valence electrons. The lowest BCUT2D eigenvalue weighted by atomic mass is 10.2. The van der Waals surface area contributed by atoms with Crippen LogP contribution in [0.1, 0.15) is 0 Å². The normalized spacial score (nSPS) is 10.7. The number of hydrogen-bond acceptors (Lipinski definition) is 4. The Hall–Kier alpha value is -2.69. The van der Waals surface area contributed by atoms with Crippen LogP contribution in [0.3, 0.4) is 0 Å². The van der Waals surface area contributed by atoms with Gasteiger partial charge in [-0.15, -0.1) is 0 Å². The highest BCUT2D eigenvalue weighted by Crippen LogP contribution is 2.20. The third kappa shape index (κ3) is 1.93. The molecule has 3 aromatic rings. The maximum atomic E-state index is 12.4. The van der Waals surface area contributed by atoms with Crippen molar-refractivity contribution in [1.29, 1.82) is 0 Å². The fraction of sp³-hybridized carbons (Fsp3) is 0.133. The number of methoxy groups -OCH3 is 1. The third-order valence-corrected chi connectivity index (χ3v) is 3.20. The van der Waals surface area contributed by atoms with Crippen LogP contribution in [0.4, 0.5) is 0 Å². The first-order valence-corrected chi connectivity index (χ1v) is 6.16. The Balaban J connectivity index is 2.34. The number of fused-ring (bicyclic) bond motifs is 1. The number of hydrogen-bond donors (Lipinski definition) is 0. The van der Waals surface area contributed by atoms with Gasteiger partial charge in [-0.25, -0.2) is 4.98 Å². The van der Waals surface area contributed by atoms with Crippen LogP contribution in [-0.4, -0.2) is 21.6 Å². The van der Waals surface area contributed by atoms with E-state index in [1.807, 2.05) is 12.1 Å². The van der Waals surface area contributed by atoms with Gasteiger partial charge in [0.1, 0.15) is 11.6 Å². The first-order valence-electron chi connectivity index (χ1n) is 6.16. The fourth-order valence-electron chi connectivity index (χ4n) is 2.13. The van der Waals surface area contributed by atoms with Crippen molar-refractivity contribution in [2.75, 3.05) is 7.11 Å². The monoisotopic (exact) mass is 267 g/mol. The molecule has 0 bridgehead atoms. The van der Waals surface area contributed by atoms with E-state index in [1.165, 1.54) is 4.57 Å². The highest BCUT2D eigenvalue weighted by atomic mass is 16.5. The summed E-state index contributed by atoms with van der Waals surface area (Å²) in [7, 11) is 3.30. The van der Waals surface area contributed by atoms with Crippen molar-refractivity contribution >= 4 is 10.9 Å². The molecule has 0 radical (unpaired) electrons. The van der Waals surface area contributed by atoms with Gasteiger partial charge in [0.05, 0.1) is 18.0 Å².